The maximum absolute atomic E-state index is 14.2. The Balaban J connectivity index is 2.27. The van der Waals surface area contributed by atoms with Crippen LogP contribution in [0.3, 0.4) is 0 Å². The van der Waals surface area contributed by atoms with Gasteiger partial charge in [-0.05, 0) is 31.0 Å². The molecule has 116 valence electrons. The summed E-state index contributed by atoms with van der Waals surface area (Å²) in [7, 11) is -3.45. The number of piperidine rings is 1. The van der Waals surface area contributed by atoms with Crippen LogP contribution in [0.25, 0.3) is 0 Å². The van der Waals surface area contributed by atoms with E-state index >= 15 is 0 Å². The molecular formula is C14H18FNO4S. The van der Waals surface area contributed by atoms with Gasteiger partial charge in [-0.1, -0.05) is 6.92 Å². The van der Waals surface area contributed by atoms with Crippen LogP contribution < -0.4 is 4.90 Å². The van der Waals surface area contributed by atoms with Crippen molar-refractivity contribution < 1.29 is 22.7 Å². The van der Waals surface area contributed by atoms with E-state index in [0.29, 0.717) is 19.4 Å². The zero-order valence-electron chi connectivity index (χ0n) is 11.8. The van der Waals surface area contributed by atoms with Gasteiger partial charge in [0.05, 0.1) is 22.3 Å². The van der Waals surface area contributed by atoms with Crippen molar-refractivity contribution in [1.82, 2.24) is 0 Å². The molecule has 1 aromatic rings. The molecule has 0 aliphatic carbocycles. The van der Waals surface area contributed by atoms with Gasteiger partial charge in [-0.25, -0.2) is 12.8 Å². The van der Waals surface area contributed by atoms with Crippen molar-refractivity contribution in [2.75, 3.05) is 23.7 Å². The van der Waals surface area contributed by atoms with Crippen LogP contribution in [0.2, 0.25) is 0 Å². The normalized spacial score (nSPS) is 19.5. The molecule has 7 heteroatoms. The van der Waals surface area contributed by atoms with Crippen LogP contribution >= 0.6 is 0 Å². The summed E-state index contributed by atoms with van der Waals surface area (Å²) < 4.78 is 37.6. The lowest BCUT2D eigenvalue weighted by Gasteiger charge is -2.32. The fraction of sp³-hybridized carbons (Fsp3) is 0.500. The van der Waals surface area contributed by atoms with E-state index in [1.165, 1.54) is 19.1 Å². The number of benzene rings is 1. The van der Waals surface area contributed by atoms with Gasteiger partial charge in [0.25, 0.3) is 0 Å². The zero-order chi connectivity index (χ0) is 15.6. The van der Waals surface area contributed by atoms with Gasteiger partial charge >= 0.3 is 5.97 Å². The number of carbonyl (C=O) groups is 1. The third-order valence-electron chi connectivity index (χ3n) is 3.77. The van der Waals surface area contributed by atoms with Crippen LogP contribution in [0, 0.1) is 11.7 Å². The van der Waals surface area contributed by atoms with Crippen molar-refractivity contribution in [1.29, 1.82) is 0 Å². The van der Waals surface area contributed by atoms with E-state index in [0.717, 1.165) is 6.07 Å². The van der Waals surface area contributed by atoms with Gasteiger partial charge in [-0.3, -0.25) is 4.79 Å². The molecule has 5 nitrogen and oxygen atoms in total. The second-order valence-electron chi connectivity index (χ2n) is 5.14. The van der Waals surface area contributed by atoms with E-state index in [2.05, 4.69) is 0 Å². The lowest BCUT2D eigenvalue weighted by Crippen LogP contribution is -2.39. The number of carboxylic acids is 1. The van der Waals surface area contributed by atoms with E-state index in [4.69, 9.17) is 5.11 Å². The highest BCUT2D eigenvalue weighted by molar-refractivity contribution is 7.91. The molecular weight excluding hydrogens is 297 g/mol. The molecule has 1 atom stereocenters. The molecule has 1 aliphatic rings. The fourth-order valence-electron chi connectivity index (χ4n) is 2.50. The summed E-state index contributed by atoms with van der Waals surface area (Å²) in [6.45, 7) is 2.32. The van der Waals surface area contributed by atoms with Crippen LogP contribution in [0.15, 0.2) is 23.1 Å². The first-order chi connectivity index (χ1) is 9.85. The molecule has 1 N–H and O–H groups in total. The molecule has 0 amide bonds. The third kappa shape index (κ3) is 3.34. The Bertz CT molecular complexity index is 644. The molecule has 1 saturated heterocycles. The molecule has 0 saturated carbocycles. The number of hydrogen-bond donors (Lipinski definition) is 1. The maximum atomic E-state index is 14.2. The molecule has 1 fully saturated rings. The summed E-state index contributed by atoms with van der Waals surface area (Å²) in [5, 5.41) is 9.06. The summed E-state index contributed by atoms with van der Waals surface area (Å²) in [4.78, 5) is 12.7. The fourth-order valence-corrected chi connectivity index (χ4v) is 3.39. The second-order valence-corrected chi connectivity index (χ2v) is 7.42. The van der Waals surface area contributed by atoms with Crippen molar-refractivity contribution in [2.45, 2.75) is 24.7 Å². The van der Waals surface area contributed by atoms with Crippen LogP contribution in [0.1, 0.15) is 19.8 Å². The largest absolute Gasteiger partial charge is 0.481 e. The molecule has 21 heavy (non-hydrogen) atoms. The van der Waals surface area contributed by atoms with Crippen molar-refractivity contribution in [2.24, 2.45) is 5.92 Å². The van der Waals surface area contributed by atoms with E-state index < -0.39 is 27.5 Å². The highest BCUT2D eigenvalue weighted by Crippen LogP contribution is 2.27. The van der Waals surface area contributed by atoms with E-state index in [1.807, 2.05) is 0 Å². The van der Waals surface area contributed by atoms with Gasteiger partial charge in [-0.15, -0.1) is 0 Å². The van der Waals surface area contributed by atoms with Crippen LogP contribution in [0.5, 0.6) is 0 Å². The molecule has 2 rings (SSSR count). The first kappa shape index (κ1) is 15.8. The average Bonchev–Trinajstić information content (AvgIpc) is 2.47. The van der Waals surface area contributed by atoms with Gasteiger partial charge in [0, 0.05) is 13.1 Å². The number of sulfone groups is 1. The smallest absolute Gasteiger partial charge is 0.308 e. The van der Waals surface area contributed by atoms with E-state index in [1.54, 1.807) is 4.90 Å². The first-order valence-corrected chi connectivity index (χ1v) is 8.50. The van der Waals surface area contributed by atoms with Gasteiger partial charge in [0.2, 0.25) is 0 Å². The van der Waals surface area contributed by atoms with Crippen molar-refractivity contribution >= 4 is 21.5 Å². The highest BCUT2D eigenvalue weighted by atomic mass is 32.2. The SMILES string of the molecule is CCS(=O)(=O)c1ccc(N2CCC[C@H](C(=O)O)C2)c(F)c1. The Labute approximate surface area is 123 Å². The Hall–Kier alpha value is -1.63. The van der Waals surface area contributed by atoms with Crippen LogP contribution in [0.4, 0.5) is 10.1 Å². The van der Waals surface area contributed by atoms with Gasteiger partial charge in [0.1, 0.15) is 5.82 Å². The monoisotopic (exact) mass is 315 g/mol. The number of halogens is 1. The third-order valence-corrected chi connectivity index (χ3v) is 5.50. The van der Waals surface area contributed by atoms with E-state index in [9.17, 15) is 17.6 Å². The summed E-state index contributed by atoms with van der Waals surface area (Å²) >= 11 is 0. The molecule has 0 unspecified atom stereocenters. The predicted octanol–water partition coefficient (Wildman–Crippen LogP) is 1.92. The summed E-state index contributed by atoms with van der Waals surface area (Å²) in [5.41, 5.74) is 0.260. The number of aliphatic carboxylic acids is 1. The van der Waals surface area contributed by atoms with Gasteiger partial charge in [-0.2, -0.15) is 0 Å². The summed E-state index contributed by atoms with van der Waals surface area (Å²) in [5.74, 6) is -2.12. The minimum absolute atomic E-state index is 0.0435. The Morgan fingerprint density at radius 1 is 1.48 bits per heavy atom. The Morgan fingerprint density at radius 2 is 2.19 bits per heavy atom. The lowest BCUT2D eigenvalue weighted by atomic mass is 9.98. The maximum Gasteiger partial charge on any atom is 0.308 e. The number of anilines is 1. The standard InChI is InChI=1S/C14H18FNO4S/c1-2-21(19,20)11-5-6-13(12(15)8-11)16-7-3-4-10(9-16)14(17)18/h5-6,8,10H,2-4,7,9H2,1H3,(H,17,18)/t10-/m0/s1. The van der Waals surface area contributed by atoms with E-state index in [-0.39, 0.29) is 22.9 Å². The Morgan fingerprint density at radius 3 is 2.76 bits per heavy atom. The molecule has 1 aliphatic heterocycles. The zero-order valence-corrected chi connectivity index (χ0v) is 12.6. The topological polar surface area (TPSA) is 74.7 Å². The first-order valence-electron chi connectivity index (χ1n) is 6.85. The quantitative estimate of drug-likeness (QED) is 0.919. The summed E-state index contributed by atoms with van der Waals surface area (Å²) in [6.07, 6.45) is 1.25. The number of hydrogen-bond acceptors (Lipinski definition) is 4. The highest BCUT2D eigenvalue weighted by Gasteiger charge is 2.27. The molecule has 1 aromatic carbocycles. The Kier molecular flexibility index (Phi) is 4.51. The minimum atomic E-state index is -3.45. The molecule has 0 bridgehead atoms. The summed E-state index contributed by atoms with van der Waals surface area (Å²) in [6, 6.07) is 3.81. The number of carboxylic acid groups (broad SMARTS) is 1. The number of nitrogens with zero attached hydrogens (tertiary/aromatic N) is 1. The van der Waals surface area contributed by atoms with Gasteiger partial charge < -0.3 is 10.0 Å². The minimum Gasteiger partial charge on any atom is -0.481 e. The van der Waals surface area contributed by atoms with Gasteiger partial charge in [0.15, 0.2) is 9.84 Å². The predicted molar refractivity (Wildman–Crippen MR) is 76.7 cm³/mol. The average molecular weight is 315 g/mol. The lowest BCUT2D eigenvalue weighted by molar-refractivity contribution is -0.141. The molecule has 0 spiro atoms. The van der Waals surface area contributed by atoms with Crippen LogP contribution in [-0.2, 0) is 14.6 Å². The van der Waals surface area contributed by atoms with Crippen molar-refractivity contribution in [3.63, 3.8) is 0 Å². The second kappa shape index (κ2) is 6.01. The number of rotatable bonds is 4. The van der Waals surface area contributed by atoms with Crippen molar-refractivity contribution in [3.8, 4) is 0 Å². The molecule has 0 radical (unpaired) electrons. The van der Waals surface area contributed by atoms with Crippen LogP contribution in [-0.4, -0.2) is 38.3 Å². The molecule has 1 heterocycles. The van der Waals surface area contributed by atoms with Crippen molar-refractivity contribution in [3.05, 3.63) is 24.0 Å². The molecule has 0 aromatic heterocycles.